The quantitative estimate of drug-likeness (QED) is 0.566. The Labute approximate surface area is 70.6 Å². The second-order valence-corrected chi connectivity index (χ2v) is 2.14. The standard InChI is InChI=1S/C6H4N2O5/c9-2-1-3(8-13)7-5(10)4(2)6(11)12/h1H,(H,11,12)(H2,7,9,10). The van der Waals surface area contributed by atoms with Gasteiger partial charge < -0.3 is 15.2 Å². The van der Waals surface area contributed by atoms with Crippen LogP contribution in [0.25, 0.3) is 0 Å². The number of H-pyrrole nitrogens is 1. The highest BCUT2D eigenvalue weighted by Gasteiger charge is 2.15. The fourth-order valence-electron chi connectivity index (χ4n) is 0.789. The molecule has 0 aliphatic carbocycles. The normalized spacial score (nSPS) is 9.54. The summed E-state index contributed by atoms with van der Waals surface area (Å²) in [5.74, 6) is -2.78. The Bertz CT molecular complexity index is 422. The highest BCUT2D eigenvalue weighted by molar-refractivity contribution is 5.90. The van der Waals surface area contributed by atoms with Crippen molar-refractivity contribution in [1.82, 2.24) is 4.98 Å². The van der Waals surface area contributed by atoms with Gasteiger partial charge in [-0.25, -0.2) is 4.79 Å². The molecule has 3 N–H and O–H groups in total. The number of carboxylic acid groups (broad SMARTS) is 1. The van der Waals surface area contributed by atoms with E-state index in [9.17, 15) is 14.5 Å². The number of hydrogen-bond acceptors (Lipinski definition) is 5. The summed E-state index contributed by atoms with van der Waals surface area (Å²) in [5.41, 5.74) is -1.88. The van der Waals surface area contributed by atoms with Crippen molar-refractivity contribution in [3.63, 3.8) is 0 Å². The number of carboxylic acids is 1. The average Bonchev–Trinajstić information content (AvgIpc) is 2.02. The number of aromatic amines is 1. The second kappa shape index (κ2) is 3.05. The molecule has 1 aromatic heterocycles. The summed E-state index contributed by atoms with van der Waals surface area (Å²) in [5, 5.41) is 19.7. The minimum absolute atomic E-state index is 0.424. The molecule has 0 saturated heterocycles. The van der Waals surface area contributed by atoms with Crippen LogP contribution in [0.2, 0.25) is 0 Å². The fraction of sp³-hybridized carbons (Fsp3) is 0. The molecular formula is C6H4N2O5. The number of nitrogens with zero attached hydrogens (tertiary/aromatic N) is 1. The van der Waals surface area contributed by atoms with Crippen molar-refractivity contribution in [3.05, 3.63) is 26.9 Å². The van der Waals surface area contributed by atoms with Crippen LogP contribution in [0.15, 0.2) is 16.0 Å². The zero-order chi connectivity index (χ0) is 10.0. The topological polar surface area (TPSA) is 120 Å². The SMILES string of the molecule is O=Nc1cc(O)c(C(=O)O)c(=O)[nH]1. The number of rotatable bonds is 2. The van der Waals surface area contributed by atoms with E-state index in [-0.39, 0.29) is 0 Å². The van der Waals surface area contributed by atoms with Gasteiger partial charge >= 0.3 is 5.97 Å². The summed E-state index contributed by atoms with van der Waals surface area (Å²) in [4.78, 5) is 33.0. The first-order valence-corrected chi connectivity index (χ1v) is 3.09. The van der Waals surface area contributed by atoms with E-state index < -0.39 is 28.7 Å². The summed E-state index contributed by atoms with van der Waals surface area (Å²) >= 11 is 0. The molecule has 0 unspecified atom stereocenters. The van der Waals surface area contributed by atoms with Gasteiger partial charge in [0.15, 0.2) is 11.4 Å². The Balaban J connectivity index is 3.49. The summed E-state index contributed by atoms with van der Waals surface area (Å²) in [6.07, 6.45) is 0. The Morgan fingerprint density at radius 1 is 1.54 bits per heavy atom. The zero-order valence-electron chi connectivity index (χ0n) is 6.14. The summed E-state index contributed by atoms with van der Waals surface area (Å²) in [7, 11) is 0. The van der Waals surface area contributed by atoms with E-state index in [2.05, 4.69) is 5.18 Å². The predicted octanol–water partition coefficient (Wildman–Crippen LogP) is 0.177. The van der Waals surface area contributed by atoms with Gasteiger partial charge in [-0.05, 0) is 5.18 Å². The minimum Gasteiger partial charge on any atom is -0.507 e. The molecule has 0 atom stereocenters. The molecule has 0 spiro atoms. The van der Waals surface area contributed by atoms with Crippen LogP contribution >= 0.6 is 0 Å². The van der Waals surface area contributed by atoms with E-state index in [0.717, 1.165) is 6.07 Å². The van der Waals surface area contributed by atoms with Crippen LogP contribution in [0, 0.1) is 4.91 Å². The van der Waals surface area contributed by atoms with Gasteiger partial charge in [0.25, 0.3) is 5.56 Å². The number of aromatic carboxylic acids is 1. The lowest BCUT2D eigenvalue weighted by Gasteiger charge is -1.97. The third-order valence-electron chi connectivity index (χ3n) is 1.31. The zero-order valence-corrected chi connectivity index (χ0v) is 6.14. The number of aromatic hydroxyl groups is 1. The number of carbonyl (C=O) groups is 1. The van der Waals surface area contributed by atoms with E-state index in [1.165, 1.54) is 0 Å². The van der Waals surface area contributed by atoms with E-state index >= 15 is 0 Å². The molecule has 7 heteroatoms. The molecule has 0 saturated carbocycles. The number of nitrogens with one attached hydrogen (secondary N) is 1. The van der Waals surface area contributed by atoms with Crippen molar-refractivity contribution < 1.29 is 15.0 Å². The molecule has 1 aromatic rings. The molecule has 7 nitrogen and oxygen atoms in total. The molecule has 0 aliphatic heterocycles. The van der Waals surface area contributed by atoms with Crippen molar-refractivity contribution in [3.8, 4) is 5.75 Å². The van der Waals surface area contributed by atoms with Gasteiger partial charge in [0.2, 0.25) is 0 Å². The lowest BCUT2D eigenvalue weighted by Crippen LogP contribution is -2.16. The van der Waals surface area contributed by atoms with E-state index in [1.54, 1.807) is 0 Å². The molecule has 0 radical (unpaired) electrons. The Morgan fingerprint density at radius 2 is 2.15 bits per heavy atom. The lowest BCUT2D eigenvalue weighted by molar-refractivity contribution is 0.0692. The van der Waals surface area contributed by atoms with Crippen molar-refractivity contribution >= 4 is 11.8 Å². The van der Waals surface area contributed by atoms with Gasteiger partial charge in [0, 0.05) is 6.07 Å². The van der Waals surface area contributed by atoms with Crippen molar-refractivity contribution in [2.24, 2.45) is 5.18 Å². The smallest absolute Gasteiger partial charge is 0.345 e. The van der Waals surface area contributed by atoms with Gasteiger partial charge in [-0.3, -0.25) is 4.79 Å². The summed E-state index contributed by atoms with van der Waals surface area (Å²) in [6, 6.07) is 0.762. The van der Waals surface area contributed by atoms with Crippen LogP contribution in [0.4, 0.5) is 5.82 Å². The highest BCUT2D eigenvalue weighted by Crippen LogP contribution is 2.17. The Kier molecular flexibility index (Phi) is 2.09. The van der Waals surface area contributed by atoms with Gasteiger partial charge in [0.05, 0.1) is 0 Å². The van der Waals surface area contributed by atoms with Crippen LogP contribution in [-0.2, 0) is 0 Å². The van der Waals surface area contributed by atoms with Crippen molar-refractivity contribution in [1.29, 1.82) is 0 Å². The lowest BCUT2D eigenvalue weighted by atomic mass is 10.2. The van der Waals surface area contributed by atoms with Crippen LogP contribution in [-0.4, -0.2) is 21.2 Å². The number of aromatic nitrogens is 1. The predicted molar refractivity (Wildman–Crippen MR) is 41.1 cm³/mol. The molecule has 0 aliphatic rings. The van der Waals surface area contributed by atoms with Gasteiger partial charge in [-0.2, -0.15) is 0 Å². The van der Waals surface area contributed by atoms with Gasteiger partial charge in [-0.1, -0.05) is 0 Å². The van der Waals surface area contributed by atoms with Crippen LogP contribution < -0.4 is 5.56 Å². The third kappa shape index (κ3) is 1.53. The van der Waals surface area contributed by atoms with Crippen molar-refractivity contribution in [2.45, 2.75) is 0 Å². The molecule has 1 heterocycles. The molecule has 0 bridgehead atoms. The van der Waals surface area contributed by atoms with Crippen LogP contribution in [0.1, 0.15) is 10.4 Å². The second-order valence-electron chi connectivity index (χ2n) is 2.14. The first kappa shape index (κ1) is 8.91. The van der Waals surface area contributed by atoms with Crippen LogP contribution in [0.3, 0.4) is 0 Å². The maximum Gasteiger partial charge on any atom is 0.345 e. The van der Waals surface area contributed by atoms with Crippen LogP contribution in [0.5, 0.6) is 5.75 Å². The average molecular weight is 184 g/mol. The molecule has 68 valence electrons. The highest BCUT2D eigenvalue weighted by atomic mass is 16.4. The summed E-state index contributed by atoms with van der Waals surface area (Å²) in [6.45, 7) is 0. The number of nitroso groups, excluding NO2 is 1. The first-order chi connectivity index (χ1) is 6.06. The van der Waals surface area contributed by atoms with Gasteiger partial charge in [-0.15, -0.1) is 4.91 Å². The largest absolute Gasteiger partial charge is 0.507 e. The Hall–Kier alpha value is -2.18. The third-order valence-corrected chi connectivity index (χ3v) is 1.31. The molecule has 0 aromatic carbocycles. The fourth-order valence-corrected chi connectivity index (χ4v) is 0.789. The monoisotopic (exact) mass is 184 g/mol. The maximum atomic E-state index is 10.9. The number of hydrogen-bond donors (Lipinski definition) is 3. The van der Waals surface area contributed by atoms with E-state index in [4.69, 9.17) is 10.2 Å². The molecule has 13 heavy (non-hydrogen) atoms. The van der Waals surface area contributed by atoms with Crippen molar-refractivity contribution in [2.75, 3.05) is 0 Å². The molecular weight excluding hydrogens is 180 g/mol. The first-order valence-electron chi connectivity index (χ1n) is 3.09. The number of pyridine rings is 1. The molecule has 1 rings (SSSR count). The van der Waals surface area contributed by atoms with E-state index in [1.807, 2.05) is 4.98 Å². The minimum atomic E-state index is -1.57. The van der Waals surface area contributed by atoms with Gasteiger partial charge in [0.1, 0.15) is 5.75 Å². The molecule has 0 amide bonds. The molecule has 0 fully saturated rings. The summed E-state index contributed by atoms with van der Waals surface area (Å²) < 4.78 is 0. The Morgan fingerprint density at radius 3 is 2.54 bits per heavy atom. The van der Waals surface area contributed by atoms with E-state index in [0.29, 0.717) is 0 Å². The maximum absolute atomic E-state index is 10.9.